The van der Waals surface area contributed by atoms with Gasteiger partial charge in [-0.3, -0.25) is 0 Å². The molecule has 5 N–H and O–H groups in total. The normalized spacial score (nSPS) is 15.9. The lowest BCUT2D eigenvalue weighted by atomic mass is 10.5. The fourth-order valence-electron chi connectivity index (χ4n) is 0.682. The molecule has 0 saturated heterocycles. The second kappa shape index (κ2) is 3.22. The molecule has 1 heterocycles. The van der Waals surface area contributed by atoms with Gasteiger partial charge in [0.1, 0.15) is 17.7 Å². The molecular weight excluding hydrogens is 184 g/mol. The van der Waals surface area contributed by atoms with E-state index >= 15 is 0 Å². The molecule has 12 heavy (non-hydrogen) atoms. The standard InChI is InChI=1S/C5H7ClN4O2/c6-12-5(11)10-2-1-9-3(7)4(10)8/h1-2,9H,7-8H2. The Bertz CT molecular complexity index is 262. The molecule has 0 aromatic carbocycles. The first-order valence-electron chi connectivity index (χ1n) is 2.97. The van der Waals surface area contributed by atoms with E-state index in [0.717, 1.165) is 4.90 Å². The van der Waals surface area contributed by atoms with Crippen LogP contribution in [0.2, 0.25) is 0 Å². The van der Waals surface area contributed by atoms with Crippen molar-refractivity contribution in [3.05, 3.63) is 24.0 Å². The van der Waals surface area contributed by atoms with Crippen LogP contribution in [0, 0.1) is 0 Å². The monoisotopic (exact) mass is 190 g/mol. The highest BCUT2D eigenvalue weighted by molar-refractivity contribution is 6.13. The predicted molar refractivity (Wildman–Crippen MR) is 41.8 cm³/mol. The van der Waals surface area contributed by atoms with Gasteiger partial charge in [-0.15, -0.1) is 0 Å². The second-order valence-electron chi connectivity index (χ2n) is 1.97. The Morgan fingerprint density at radius 1 is 1.67 bits per heavy atom. The van der Waals surface area contributed by atoms with Crippen molar-refractivity contribution in [3.8, 4) is 0 Å². The molecule has 1 rings (SSSR count). The first-order chi connectivity index (χ1) is 5.66. The zero-order valence-electron chi connectivity index (χ0n) is 5.95. The smallest absolute Gasteiger partial charge is 0.382 e. The summed E-state index contributed by atoms with van der Waals surface area (Å²) in [6, 6.07) is 0. The summed E-state index contributed by atoms with van der Waals surface area (Å²) in [5, 5.41) is 2.60. The molecule has 1 aliphatic rings. The van der Waals surface area contributed by atoms with Crippen LogP contribution in [0.3, 0.4) is 0 Å². The molecule has 0 saturated carbocycles. The Balaban J connectivity index is 2.84. The fraction of sp³-hybridized carbons (Fsp3) is 0. The quantitative estimate of drug-likeness (QED) is 0.488. The number of halogens is 1. The van der Waals surface area contributed by atoms with Crippen molar-refractivity contribution in [3.63, 3.8) is 0 Å². The van der Waals surface area contributed by atoms with Crippen LogP contribution in [0.15, 0.2) is 24.0 Å². The molecule has 6 nitrogen and oxygen atoms in total. The van der Waals surface area contributed by atoms with Gasteiger partial charge in [-0.1, -0.05) is 0 Å². The topological polar surface area (TPSA) is 93.6 Å². The van der Waals surface area contributed by atoms with Crippen LogP contribution >= 0.6 is 11.9 Å². The molecule has 0 atom stereocenters. The van der Waals surface area contributed by atoms with E-state index < -0.39 is 6.09 Å². The molecule has 0 aromatic rings. The zero-order valence-corrected chi connectivity index (χ0v) is 6.71. The van der Waals surface area contributed by atoms with Crippen LogP contribution in [-0.2, 0) is 4.29 Å². The molecule has 1 amide bonds. The third-order valence-corrected chi connectivity index (χ3v) is 1.39. The van der Waals surface area contributed by atoms with Gasteiger partial charge in [0.15, 0.2) is 5.82 Å². The van der Waals surface area contributed by atoms with Crippen molar-refractivity contribution in [2.75, 3.05) is 0 Å². The molecule has 0 unspecified atom stereocenters. The molecule has 0 spiro atoms. The molecule has 7 heteroatoms. The SMILES string of the molecule is NC1=C(N)N(C(=O)OCl)C=CN1. The van der Waals surface area contributed by atoms with E-state index in [0.29, 0.717) is 0 Å². The molecule has 0 aliphatic carbocycles. The van der Waals surface area contributed by atoms with Crippen LogP contribution in [0.1, 0.15) is 0 Å². The van der Waals surface area contributed by atoms with Gasteiger partial charge in [0.2, 0.25) is 0 Å². The fourth-order valence-corrected chi connectivity index (χ4v) is 0.756. The lowest BCUT2D eigenvalue weighted by Gasteiger charge is -2.21. The summed E-state index contributed by atoms with van der Waals surface area (Å²) in [5.41, 5.74) is 10.8. The second-order valence-corrected chi connectivity index (χ2v) is 2.13. The van der Waals surface area contributed by atoms with Gasteiger partial charge in [-0.05, 0) is 0 Å². The summed E-state index contributed by atoms with van der Waals surface area (Å²) in [6.07, 6.45) is 1.96. The van der Waals surface area contributed by atoms with Crippen molar-refractivity contribution in [2.45, 2.75) is 0 Å². The van der Waals surface area contributed by atoms with Crippen molar-refractivity contribution < 1.29 is 9.08 Å². The Morgan fingerprint density at radius 2 is 2.33 bits per heavy atom. The summed E-state index contributed by atoms with van der Waals surface area (Å²) in [5.74, 6) is 0.211. The average molecular weight is 191 g/mol. The predicted octanol–water partition coefficient (Wildman–Crippen LogP) is -0.303. The number of amides is 1. The number of hydrogen-bond acceptors (Lipinski definition) is 5. The lowest BCUT2D eigenvalue weighted by molar-refractivity contribution is 0.182. The van der Waals surface area contributed by atoms with Crippen LogP contribution in [0.4, 0.5) is 4.79 Å². The molecular formula is C5H7ClN4O2. The Morgan fingerprint density at radius 3 is 2.92 bits per heavy atom. The first kappa shape index (κ1) is 8.54. The number of carbonyl (C=O) groups is 1. The number of carbonyl (C=O) groups excluding carboxylic acids is 1. The van der Waals surface area contributed by atoms with Crippen molar-refractivity contribution in [2.24, 2.45) is 11.5 Å². The molecule has 0 radical (unpaired) electrons. The Kier molecular flexibility index (Phi) is 2.29. The number of nitrogens with two attached hydrogens (primary N) is 2. The lowest BCUT2D eigenvalue weighted by Crippen LogP contribution is -2.37. The largest absolute Gasteiger partial charge is 0.438 e. The number of nitrogens with one attached hydrogen (secondary N) is 1. The van der Waals surface area contributed by atoms with Gasteiger partial charge >= 0.3 is 6.09 Å². The molecule has 66 valence electrons. The average Bonchev–Trinajstić information content (AvgIpc) is 2.08. The number of rotatable bonds is 0. The highest BCUT2D eigenvalue weighted by Crippen LogP contribution is 2.07. The van der Waals surface area contributed by atoms with E-state index in [9.17, 15) is 4.79 Å². The highest BCUT2D eigenvalue weighted by atomic mass is 35.5. The molecule has 0 fully saturated rings. The third-order valence-electron chi connectivity index (χ3n) is 1.26. The van der Waals surface area contributed by atoms with Gasteiger partial charge in [0.25, 0.3) is 0 Å². The summed E-state index contributed by atoms with van der Waals surface area (Å²) in [6.45, 7) is 0. The minimum Gasteiger partial charge on any atom is -0.382 e. The maximum Gasteiger partial charge on any atom is 0.438 e. The van der Waals surface area contributed by atoms with E-state index in [-0.39, 0.29) is 11.6 Å². The van der Waals surface area contributed by atoms with E-state index in [1.54, 1.807) is 0 Å². The van der Waals surface area contributed by atoms with E-state index in [1.807, 2.05) is 0 Å². The van der Waals surface area contributed by atoms with Crippen molar-refractivity contribution in [1.29, 1.82) is 0 Å². The van der Waals surface area contributed by atoms with Gasteiger partial charge in [0.05, 0.1) is 0 Å². The summed E-state index contributed by atoms with van der Waals surface area (Å²) >= 11 is 4.83. The van der Waals surface area contributed by atoms with Crippen LogP contribution in [-0.4, -0.2) is 11.0 Å². The Hall–Kier alpha value is -1.56. The van der Waals surface area contributed by atoms with Crippen molar-refractivity contribution >= 4 is 18.0 Å². The molecule has 0 aromatic heterocycles. The number of nitrogens with zero attached hydrogens (tertiary/aromatic N) is 1. The maximum atomic E-state index is 10.8. The van der Waals surface area contributed by atoms with E-state index in [1.165, 1.54) is 12.4 Å². The molecule has 1 aliphatic heterocycles. The van der Waals surface area contributed by atoms with E-state index in [2.05, 4.69) is 9.61 Å². The Labute approximate surface area is 73.6 Å². The highest BCUT2D eigenvalue weighted by Gasteiger charge is 2.19. The van der Waals surface area contributed by atoms with Crippen LogP contribution in [0.25, 0.3) is 0 Å². The van der Waals surface area contributed by atoms with Crippen LogP contribution < -0.4 is 16.8 Å². The van der Waals surface area contributed by atoms with Gasteiger partial charge in [-0.25, -0.2) is 9.69 Å². The summed E-state index contributed by atoms with van der Waals surface area (Å²) < 4.78 is 3.92. The van der Waals surface area contributed by atoms with Gasteiger partial charge < -0.3 is 21.1 Å². The minimum atomic E-state index is -0.810. The maximum absolute atomic E-state index is 10.8. The summed E-state index contributed by atoms with van der Waals surface area (Å²) in [7, 11) is 0. The van der Waals surface area contributed by atoms with E-state index in [4.69, 9.17) is 23.3 Å². The third kappa shape index (κ3) is 1.37. The molecule has 0 bridgehead atoms. The minimum absolute atomic E-state index is 0.0446. The van der Waals surface area contributed by atoms with Crippen molar-refractivity contribution in [1.82, 2.24) is 10.2 Å². The zero-order chi connectivity index (χ0) is 9.14. The number of hydrogen-bond donors (Lipinski definition) is 3. The van der Waals surface area contributed by atoms with Crippen LogP contribution in [0.5, 0.6) is 0 Å². The summed E-state index contributed by atoms with van der Waals surface area (Å²) in [4.78, 5) is 11.8. The first-order valence-corrected chi connectivity index (χ1v) is 3.28. The van der Waals surface area contributed by atoms with Gasteiger partial charge in [-0.2, -0.15) is 0 Å². The van der Waals surface area contributed by atoms with Gasteiger partial charge in [0, 0.05) is 12.4 Å².